The number of aromatic amines is 2. The third kappa shape index (κ3) is 2.62. The van der Waals surface area contributed by atoms with Gasteiger partial charge in [0.1, 0.15) is 10.7 Å². The van der Waals surface area contributed by atoms with Crippen molar-refractivity contribution in [1.82, 2.24) is 19.5 Å². The molecule has 3 heterocycles. The molecule has 0 unspecified atom stereocenters. The molecule has 0 radical (unpaired) electrons. The maximum Gasteiger partial charge on any atom is 0.328 e. The molecule has 0 fully saturated rings. The zero-order chi connectivity index (χ0) is 17.6. The first kappa shape index (κ1) is 16.4. The highest BCUT2D eigenvalue weighted by molar-refractivity contribution is 7.16. The molecule has 0 bridgehead atoms. The minimum absolute atomic E-state index is 0.165. The van der Waals surface area contributed by atoms with E-state index in [2.05, 4.69) is 15.0 Å². The third-order valence-electron chi connectivity index (χ3n) is 3.86. The normalized spacial score (nSPS) is 12.0. The molecular weight excluding hydrogens is 328 g/mol. The summed E-state index contributed by atoms with van der Waals surface area (Å²) in [4.78, 5) is 46.3. The van der Waals surface area contributed by atoms with Gasteiger partial charge in [0.25, 0.3) is 11.1 Å². The molecule has 3 rings (SSSR count). The van der Waals surface area contributed by atoms with Crippen molar-refractivity contribution in [3.63, 3.8) is 0 Å². The average molecular weight is 346 g/mol. The van der Waals surface area contributed by atoms with Gasteiger partial charge in [0, 0.05) is 12.7 Å². The lowest BCUT2D eigenvalue weighted by molar-refractivity contribution is 0.597. The van der Waals surface area contributed by atoms with Gasteiger partial charge in [0.15, 0.2) is 0 Å². The molecule has 3 aromatic heterocycles. The molecule has 24 heavy (non-hydrogen) atoms. The number of aryl methyl sites for hydroxylation is 1. The molecule has 0 aromatic carbocycles. The number of thiophene rings is 1. The van der Waals surface area contributed by atoms with Crippen LogP contribution >= 0.6 is 11.3 Å². The highest BCUT2D eigenvalue weighted by atomic mass is 32.1. The highest BCUT2D eigenvalue weighted by Gasteiger charge is 2.22. The van der Waals surface area contributed by atoms with E-state index in [1.165, 1.54) is 22.1 Å². The van der Waals surface area contributed by atoms with E-state index in [0.29, 0.717) is 16.8 Å². The summed E-state index contributed by atoms with van der Waals surface area (Å²) in [6.07, 6.45) is 1.42. The number of aromatic nitrogens is 4. The van der Waals surface area contributed by atoms with Crippen LogP contribution in [0.1, 0.15) is 33.3 Å². The van der Waals surface area contributed by atoms with Gasteiger partial charge in [-0.1, -0.05) is 20.8 Å². The Bertz CT molecular complexity index is 1100. The molecule has 0 aliphatic rings. The van der Waals surface area contributed by atoms with Gasteiger partial charge in [-0.3, -0.25) is 14.6 Å². The Morgan fingerprint density at radius 2 is 1.88 bits per heavy atom. The van der Waals surface area contributed by atoms with Crippen LogP contribution in [-0.4, -0.2) is 19.5 Å². The minimum Gasteiger partial charge on any atom is -0.306 e. The van der Waals surface area contributed by atoms with Crippen LogP contribution in [-0.2, 0) is 12.0 Å². The van der Waals surface area contributed by atoms with Crippen LogP contribution in [0.5, 0.6) is 0 Å². The van der Waals surface area contributed by atoms with Gasteiger partial charge in [-0.05, 0) is 23.3 Å². The van der Waals surface area contributed by atoms with Crippen molar-refractivity contribution < 1.29 is 0 Å². The first-order chi connectivity index (χ1) is 11.2. The van der Waals surface area contributed by atoms with Gasteiger partial charge in [0.05, 0.1) is 10.9 Å². The van der Waals surface area contributed by atoms with E-state index < -0.39 is 11.2 Å². The van der Waals surface area contributed by atoms with E-state index >= 15 is 0 Å². The minimum atomic E-state index is -0.570. The van der Waals surface area contributed by atoms with Crippen LogP contribution in [0.25, 0.3) is 21.6 Å². The fourth-order valence-electron chi connectivity index (χ4n) is 2.54. The molecule has 0 atom stereocenters. The second kappa shape index (κ2) is 5.55. The first-order valence-electron chi connectivity index (χ1n) is 7.58. The van der Waals surface area contributed by atoms with Crippen molar-refractivity contribution in [2.24, 2.45) is 0 Å². The predicted molar refractivity (Wildman–Crippen MR) is 94.9 cm³/mol. The fourth-order valence-corrected chi connectivity index (χ4v) is 3.71. The summed E-state index contributed by atoms with van der Waals surface area (Å²) in [6.45, 7) is 8.29. The van der Waals surface area contributed by atoms with Crippen LogP contribution in [0, 0.1) is 0 Å². The largest absolute Gasteiger partial charge is 0.328 e. The molecule has 126 valence electrons. The van der Waals surface area contributed by atoms with Gasteiger partial charge in [-0.15, -0.1) is 11.3 Å². The number of H-pyrrole nitrogens is 2. The zero-order valence-corrected chi connectivity index (χ0v) is 14.7. The standard InChI is InChI=1S/C16H18N4O3S/c1-5-20-6-8(12(21)19-15(20)23)11-17-13(22)10-9(16(2,3)4)7-24-14(10)18-11/h6-7H,5H2,1-4H3,(H,17,18,22)(H,19,21,23). The number of fused-ring (bicyclic) bond motifs is 1. The van der Waals surface area contributed by atoms with Crippen molar-refractivity contribution in [3.05, 3.63) is 48.3 Å². The quantitative estimate of drug-likeness (QED) is 0.739. The molecule has 7 nitrogen and oxygen atoms in total. The number of rotatable bonds is 2. The second-order valence-corrected chi connectivity index (χ2v) is 7.44. The predicted octanol–water partition coefficient (Wildman–Crippen LogP) is 1.82. The topological polar surface area (TPSA) is 101 Å². The van der Waals surface area contributed by atoms with Crippen LogP contribution < -0.4 is 16.8 Å². The van der Waals surface area contributed by atoms with Crippen molar-refractivity contribution in [2.75, 3.05) is 0 Å². The summed E-state index contributed by atoms with van der Waals surface area (Å²) in [5.74, 6) is 0.165. The maximum atomic E-state index is 12.6. The third-order valence-corrected chi connectivity index (χ3v) is 4.73. The molecule has 0 spiro atoms. The summed E-state index contributed by atoms with van der Waals surface area (Å²) >= 11 is 1.37. The van der Waals surface area contributed by atoms with Crippen molar-refractivity contribution in [2.45, 2.75) is 39.7 Å². The van der Waals surface area contributed by atoms with Gasteiger partial charge in [-0.25, -0.2) is 9.78 Å². The Labute approximate surface area is 141 Å². The van der Waals surface area contributed by atoms with Crippen LogP contribution in [0.15, 0.2) is 26.0 Å². The molecule has 8 heteroatoms. The van der Waals surface area contributed by atoms with E-state index in [4.69, 9.17) is 0 Å². The SMILES string of the molecule is CCn1cc(-c2nc3scc(C(C)(C)C)c3c(=O)[nH]2)c(=O)[nH]c1=O. The van der Waals surface area contributed by atoms with Crippen molar-refractivity contribution in [3.8, 4) is 11.4 Å². The van der Waals surface area contributed by atoms with Gasteiger partial charge < -0.3 is 9.55 Å². The van der Waals surface area contributed by atoms with Crippen molar-refractivity contribution >= 4 is 21.6 Å². The summed E-state index contributed by atoms with van der Waals surface area (Å²) in [5.41, 5.74) is -0.423. The molecule has 0 saturated carbocycles. The number of nitrogens with one attached hydrogen (secondary N) is 2. The molecule has 3 aromatic rings. The number of nitrogens with zero attached hydrogens (tertiary/aromatic N) is 2. The van der Waals surface area contributed by atoms with Gasteiger partial charge >= 0.3 is 5.69 Å². The zero-order valence-electron chi connectivity index (χ0n) is 13.9. The van der Waals surface area contributed by atoms with Crippen LogP contribution in [0.3, 0.4) is 0 Å². The maximum absolute atomic E-state index is 12.6. The smallest absolute Gasteiger partial charge is 0.306 e. The average Bonchev–Trinajstić information content (AvgIpc) is 2.92. The molecule has 0 aliphatic carbocycles. The lowest BCUT2D eigenvalue weighted by Crippen LogP contribution is -2.30. The monoisotopic (exact) mass is 346 g/mol. The van der Waals surface area contributed by atoms with Crippen LogP contribution in [0.4, 0.5) is 0 Å². The Morgan fingerprint density at radius 3 is 2.50 bits per heavy atom. The molecule has 0 saturated heterocycles. The van der Waals surface area contributed by atoms with E-state index in [9.17, 15) is 14.4 Å². The van der Waals surface area contributed by atoms with E-state index in [0.717, 1.165) is 5.56 Å². The summed E-state index contributed by atoms with van der Waals surface area (Å²) in [5, 5.41) is 2.48. The summed E-state index contributed by atoms with van der Waals surface area (Å²) < 4.78 is 1.36. The second-order valence-electron chi connectivity index (χ2n) is 6.58. The summed E-state index contributed by atoms with van der Waals surface area (Å²) in [7, 11) is 0. The van der Waals surface area contributed by atoms with Crippen molar-refractivity contribution in [1.29, 1.82) is 0 Å². The number of hydrogen-bond acceptors (Lipinski definition) is 5. The molecule has 0 aliphatic heterocycles. The first-order valence-corrected chi connectivity index (χ1v) is 8.46. The summed E-state index contributed by atoms with van der Waals surface area (Å²) in [6, 6.07) is 0. The molecule has 2 N–H and O–H groups in total. The van der Waals surface area contributed by atoms with E-state index in [1.54, 1.807) is 6.92 Å². The van der Waals surface area contributed by atoms with Gasteiger partial charge in [-0.2, -0.15) is 0 Å². The van der Waals surface area contributed by atoms with E-state index in [1.807, 2.05) is 26.2 Å². The Hall–Kier alpha value is -2.48. The highest BCUT2D eigenvalue weighted by Crippen LogP contribution is 2.32. The van der Waals surface area contributed by atoms with Crippen LogP contribution in [0.2, 0.25) is 0 Å². The van der Waals surface area contributed by atoms with E-state index in [-0.39, 0.29) is 22.4 Å². The Balaban J connectivity index is 2.29. The van der Waals surface area contributed by atoms with Gasteiger partial charge in [0.2, 0.25) is 0 Å². The Kier molecular flexibility index (Phi) is 3.79. The molecular formula is C16H18N4O3S. The fraction of sp³-hybridized carbons (Fsp3) is 0.375. The lowest BCUT2D eigenvalue weighted by Gasteiger charge is -2.16. The Morgan fingerprint density at radius 1 is 1.17 bits per heavy atom. The lowest BCUT2D eigenvalue weighted by atomic mass is 9.87. The molecule has 0 amide bonds. The number of hydrogen-bond donors (Lipinski definition) is 2.